The minimum atomic E-state index is -0.548. The van der Waals surface area contributed by atoms with Gasteiger partial charge in [0.25, 0.3) is 5.69 Å². The Balaban J connectivity index is 3.18. The van der Waals surface area contributed by atoms with Crippen LogP contribution in [-0.4, -0.2) is 16.0 Å². The molecule has 0 bridgehead atoms. The molecule has 0 atom stereocenters. The average Bonchev–Trinajstić information content (AvgIpc) is 2.17. The summed E-state index contributed by atoms with van der Waals surface area (Å²) in [6.45, 7) is 0. The Morgan fingerprint density at radius 3 is 2.67 bits per heavy atom. The molecular formula is C9H7Br2NO3. The van der Waals surface area contributed by atoms with Gasteiger partial charge in [0, 0.05) is 22.3 Å². The van der Waals surface area contributed by atoms with Crippen LogP contribution in [0.1, 0.15) is 16.8 Å². The van der Waals surface area contributed by atoms with E-state index < -0.39 is 4.92 Å². The van der Waals surface area contributed by atoms with E-state index in [1.165, 1.54) is 12.1 Å². The lowest BCUT2D eigenvalue weighted by atomic mass is 10.1. The summed E-state index contributed by atoms with van der Waals surface area (Å²) in [4.78, 5) is 21.7. The van der Waals surface area contributed by atoms with E-state index in [9.17, 15) is 14.9 Å². The van der Waals surface area contributed by atoms with Crippen LogP contribution in [0.15, 0.2) is 22.7 Å². The highest BCUT2D eigenvalue weighted by atomic mass is 79.9. The van der Waals surface area contributed by atoms with Gasteiger partial charge in [0.1, 0.15) is 0 Å². The molecule has 0 saturated heterocycles. The zero-order chi connectivity index (χ0) is 11.4. The van der Waals surface area contributed by atoms with E-state index >= 15 is 0 Å². The number of hydrogen-bond acceptors (Lipinski definition) is 3. The SMILES string of the molecule is O=C(CCBr)c1cc(Br)ccc1[N+](=O)[O-]. The molecule has 0 unspecified atom stereocenters. The number of ketones is 1. The van der Waals surface area contributed by atoms with E-state index in [0.29, 0.717) is 9.80 Å². The Bertz CT molecular complexity index is 406. The van der Waals surface area contributed by atoms with E-state index in [-0.39, 0.29) is 23.5 Å². The monoisotopic (exact) mass is 335 g/mol. The third-order valence-electron chi connectivity index (χ3n) is 1.78. The molecule has 1 aromatic rings. The predicted molar refractivity (Wildman–Crippen MR) is 63.5 cm³/mol. The third kappa shape index (κ3) is 3.10. The van der Waals surface area contributed by atoms with Gasteiger partial charge in [0.05, 0.1) is 10.5 Å². The zero-order valence-corrected chi connectivity index (χ0v) is 10.7. The predicted octanol–water partition coefficient (Wildman–Crippen LogP) is 3.33. The van der Waals surface area contributed by atoms with Gasteiger partial charge in [-0.1, -0.05) is 31.9 Å². The van der Waals surface area contributed by atoms with Crippen LogP contribution in [0.25, 0.3) is 0 Å². The Kier molecular flexibility index (Phi) is 4.41. The number of hydrogen-bond donors (Lipinski definition) is 0. The normalized spacial score (nSPS) is 10.0. The summed E-state index contributed by atoms with van der Waals surface area (Å²) < 4.78 is 0.658. The van der Waals surface area contributed by atoms with Crippen LogP contribution in [0.3, 0.4) is 0 Å². The van der Waals surface area contributed by atoms with E-state index in [1.54, 1.807) is 6.07 Å². The summed E-state index contributed by atoms with van der Waals surface area (Å²) in [5, 5.41) is 11.2. The fourth-order valence-corrected chi connectivity index (χ4v) is 1.83. The maximum Gasteiger partial charge on any atom is 0.280 e. The van der Waals surface area contributed by atoms with Crippen molar-refractivity contribution in [3.63, 3.8) is 0 Å². The minimum absolute atomic E-state index is 0.147. The van der Waals surface area contributed by atoms with Crippen LogP contribution >= 0.6 is 31.9 Å². The van der Waals surface area contributed by atoms with Gasteiger partial charge in [-0.25, -0.2) is 0 Å². The molecule has 0 aliphatic heterocycles. The largest absolute Gasteiger partial charge is 0.294 e. The second kappa shape index (κ2) is 5.37. The van der Waals surface area contributed by atoms with E-state index in [0.717, 1.165) is 0 Å². The van der Waals surface area contributed by atoms with Crippen molar-refractivity contribution >= 4 is 43.3 Å². The van der Waals surface area contributed by atoms with Gasteiger partial charge in [0.15, 0.2) is 5.78 Å². The second-order valence-electron chi connectivity index (χ2n) is 2.78. The maximum absolute atomic E-state index is 11.6. The van der Waals surface area contributed by atoms with Gasteiger partial charge in [-0.05, 0) is 12.1 Å². The van der Waals surface area contributed by atoms with Gasteiger partial charge < -0.3 is 0 Å². The van der Waals surface area contributed by atoms with Crippen LogP contribution in [0.4, 0.5) is 5.69 Å². The molecule has 6 heteroatoms. The quantitative estimate of drug-likeness (QED) is 0.367. The van der Waals surface area contributed by atoms with Crippen LogP contribution < -0.4 is 0 Å². The van der Waals surface area contributed by atoms with Gasteiger partial charge in [-0.3, -0.25) is 14.9 Å². The molecule has 0 N–H and O–H groups in total. The lowest BCUT2D eigenvalue weighted by Crippen LogP contribution is -2.04. The van der Waals surface area contributed by atoms with E-state index in [1.807, 2.05) is 0 Å². The number of alkyl halides is 1. The fourth-order valence-electron chi connectivity index (χ4n) is 1.11. The highest BCUT2D eigenvalue weighted by Crippen LogP contribution is 2.24. The van der Waals surface area contributed by atoms with Crippen molar-refractivity contribution < 1.29 is 9.72 Å². The number of rotatable bonds is 4. The molecule has 15 heavy (non-hydrogen) atoms. The number of nitrogens with zero attached hydrogens (tertiary/aromatic N) is 1. The first-order valence-electron chi connectivity index (χ1n) is 4.09. The zero-order valence-electron chi connectivity index (χ0n) is 7.57. The molecular weight excluding hydrogens is 330 g/mol. The summed E-state index contributed by atoms with van der Waals surface area (Å²) in [6, 6.07) is 4.34. The Morgan fingerprint density at radius 1 is 1.47 bits per heavy atom. The third-order valence-corrected chi connectivity index (χ3v) is 2.67. The molecule has 0 saturated carbocycles. The topological polar surface area (TPSA) is 60.2 Å². The molecule has 1 aromatic carbocycles. The molecule has 0 heterocycles. The number of carbonyl (C=O) groups is 1. The van der Waals surface area contributed by atoms with Crippen molar-refractivity contribution in [3.8, 4) is 0 Å². The number of Topliss-reactive ketones (excluding diaryl/α,β-unsaturated/α-hetero) is 1. The Labute approximate surface area is 103 Å². The maximum atomic E-state index is 11.6. The molecule has 80 valence electrons. The number of halogens is 2. The molecule has 0 spiro atoms. The number of nitro groups is 1. The summed E-state index contributed by atoms with van der Waals surface area (Å²) in [5.41, 5.74) is -0.00187. The molecule has 0 fully saturated rings. The van der Waals surface area contributed by atoms with Gasteiger partial charge in [-0.15, -0.1) is 0 Å². The highest BCUT2D eigenvalue weighted by Gasteiger charge is 2.19. The smallest absolute Gasteiger partial charge is 0.280 e. The van der Waals surface area contributed by atoms with Gasteiger partial charge >= 0.3 is 0 Å². The van der Waals surface area contributed by atoms with Crippen molar-refractivity contribution in [1.82, 2.24) is 0 Å². The van der Waals surface area contributed by atoms with Crippen molar-refractivity contribution in [2.45, 2.75) is 6.42 Å². The fraction of sp³-hybridized carbons (Fsp3) is 0.222. The average molecular weight is 337 g/mol. The lowest BCUT2D eigenvalue weighted by Gasteiger charge is -2.01. The standard InChI is InChI=1S/C9H7Br2NO3/c10-4-3-9(13)7-5-6(11)1-2-8(7)12(14)15/h1-2,5H,3-4H2. The van der Waals surface area contributed by atoms with Crippen LogP contribution in [0, 0.1) is 10.1 Å². The second-order valence-corrected chi connectivity index (χ2v) is 4.49. The summed E-state index contributed by atoms with van der Waals surface area (Å²) in [5.74, 6) is -0.236. The Hall–Kier alpha value is -0.750. The number of carbonyl (C=O) groups excluding carboxylic acids is 1. The van der Waals surface area contributed by atoms with E-state index in [2.05, 4.69) is 31.9 Å². The lowest BCUT2D eigenvalue weighted by molar-refractivity contribution is -0.385. The molecule has 4 nitrogen and oxygen atoms in total. The van der Waals surface area contributed by atoms with Crippen molar-refractivity contribution in [2.24, 2.45) is 0 Å². The minimum Gasteiger partial charge on any atom is -0.294 e. The summed E-state index contributed by atoms with van der Waals surface area (Å²) >= 11 is 6.30. The van der Waals surface area contributed by atoms with Gasteiger partial charge in [0.2, 0.25) is 0 Å². The first-order chi connectivity index (χ1) is 7.06. The molecule has 0 aliphatic rings. The Morgan fingerprint density at radius 2 is 2.13 bits per heavy atom. The first-order valence-corrected chi connectivity index (χ1v) is 6.01. The molecule has 0 aliphatic carbocycles. The van der Waals surface area contributed by atoms with Crippen molar-refractivity contribution in [1.29, 1.82) is 0 Å². The highest BCUT2D eigenvalue weighted by molar-refractivity contribution is 9.10. The number of benzene rings is 1. The molecule has 0 amide bonds. The molecule has 0 radical (unpaired) electrons. The first kappa shape index (κ1) is 12.3. The van der Waals surface area contributed by atoms with Crippen molar-refractivity contribution in [2.75, 3.05) is 5.33 Å². The summed E-state index contributed by atoms with van der Waals surface area (Å²) in [7, 11) is 0. The van der Waals surface area contributed by atoms with Crippen LogP contribution in [0.5, 0.6) is 0 Å². The van der Waals surface area contributed by atoms with E-state index in [4.69, 9.17) is 0 Å². The van der Waals surface area contributed by atoms with Crippen molar-refractivity contribution in [3.05, 3.63) is 38.3 Å². The van der Waals surface area contributed by atoms with Gasteiger partial charge in [-0.2, -0.15) is 0 Å². The van der Waals surface area contributed by atoms with Crippen LogP contribution in [0.2, 0.25) is 0 Å². The molecule has 0 aromatic heterocycles. The molecule has 1 rings (SSSR count). The van der Waals surface area contributed by atoms with Crippen LogP contribution in [-0.2, 0) is 0 Å². The number of nitro benzene ring substituents is 1. The summed E-state index contributed by atoms with van der Waals surface area (Å²) in [6.07, 6.45) is 0.247.